The summed E-state index contributed by atoms with van der Waals surface area (Å²) in [6.45, 7) is 7.29. The minimum atomic E-state index is -4.31. The number of aromatic nitrogens is 2. The number of aromatic amines is 1. The molecule has 3 aromatic rings. The third kappa shape index (κ3) is 6.69. The number of hydrogen-bond donors (Lipinski definition) is 3. The molecule has 0 unspecified atom stereocenters. The van der Waals surface area contributed by atoms with Gasteiger partial charge in [-0.3, -0.25) is 19.6 Å². The molecule has 2 amide bonds. The minimum absolute atomic E-state index is 0.0000672. The molecule has 2 saturated heterocycles. The van der Waals surface area contributed by atoms with E-state index in [1.807, 2.05) is 6.07 Å². The molecule has 3 aliphatic heterocycles. The molecule has 0 spiro atoms. The SMILES string of the molecule is CC1(C)CN(S(=O)(=O)c2cc(F)cc(F)c2)Cc2c(NC(=O)c3ccc(CN4CCOCC4)cc3NC(=O)[C@H]3CCCO3)n[nH]c21. The zero-order valence-electron chi connectivity index (χ0n) is 25.6. The number of nitrogens with one attached hydrogen (secondary N) is 3. The fourth-order valence-electron chi connectivity index (χ4n) is 6.11. The monoisotopic (exact) mass is 658 g/mol. The molecular formula is C31H36F2N6O6S. The standard InChI is InChI=1S/C31H36F2N6O6S/c1-31(2)18-39(46(42,43)22-14-20(32)13-21(33)15-22)17-24-27(31)36-37-28(24)35-29(40)23-6-5-19(16-38-7-10-44-11-8-38)12-25(23)34-30(41)26-4-3-9-45-26/h5-6,12-15,26H,3-4,7-11,16-18H2,1-2H3,(H,34,41)(H2,35,36,37,40)/t26-/m1/s1. The van der Waals surface area contributed by atoms with Gasteiger partial charge in [-0.15, -0.1) is 0 Å². The van der Waals surface area contributed by atoms with Gasteiger partial charge in [-0.2, -0.15) is 9.40 Å². The molecule has 12 nitrogen and oxygen atoms in total. The van der Waals surface area contributed by atoms with Gasteiger partial charge in [0.05, 0.1) is 29.4 Å². The maximum Gasteiger partial charge on any atom is 0.258 e. The molecule has 6 rings (SSSR count). The summed E-state index contributed by atoms with van der Waals surface area (Å²) in [5.74, 6) is -2.83. The van der Waals surface area contributed by atoms with Crippen LogP contribution < -0.4 is 10.6 Å². The van der Waals surface area contributed by atoms with Gasteiger partial charge in [-0.25, -0.2) is 17.2 Å². The molecule has 15 heteroatoms. The van der Waals surface area contributed by atoms with E-state index in [1.165, 1.54) is 0 Å². The van der Waals surface area contributed by atoms with Crippen molar-refractivity contribution < 1.29 is 36.3 Å². The molecule has 2 aromatic carbocycles. The van der Waals surface area contributed by atoms with Gasteiger partial charge in [-0.1, -0.05) is 19.9 Å². The third-order valence-corrected chi connectivity index (χ3v) is 10.2. The summed E-state index contributed by atoms with van der Waals surface area (Å²) in [5.41, 5.74) is 1.64. The number of fused-ring (bicyclic) bond motifs is 1. The Kier molecular flexibility index (Phi) is 8.95. The van der Waals surface area contributed by atoms with E-state index in [0.29, 0.717) is 55.8 Å². The van der Waals surface area contributed by atoms with E-state index in [0.717, 1.165) is 41.5 Å². The number of benzene rings is 2. The summed E-state index contributed by atoms with van der Waals surface area (Å²) in [6.07, 6.45) is 0.737. The molecule has 3 aliphatic rings. The van der Waals surface area contributed by atoms with Crippen LogP contribution in [0, 0.1) is 11.6 Å². The van der Waals surface area contributed by atoms with Crippen molar-refractivity contribution in [3.63, 3.8) is 0 Å². The highest BCUT2D eigenvalue weighted by molar-refractivity contribution is 7.89. The van der Waals surface area contributed by atoms with Crippen LogP contribution in [0.1, 0.15) is 53.9 Å². The van der Waals surface area contributed by atoms with Crippen molar-refractivity contribution in [1.29, 1.82) is 0 Å². The average molecular weight is 659 g/mol. The topological polar surface area (TPSA) is 146 Å². The molecular weight excluding hydrogens is 622 g/mol. The predicted molar refractivity (Wildman–Crippen MR) is 164 cm³/mol. The number of morpholine rings is 1. The van der Waals surface area contributed by atoms with E-state index < -0.39 is 44.0 Å². The first-order chi connectivity index (χ1) is 21.9. The van der Waals surface area contributed by atoms with Crippen LogP contribution in [-0.2, 0) is 42.8 Å². The molecule has 0 bridgehead atoms. The predicted octanol–water partition coefficient (Wildman–Crippen LogP) is 3.37. The third-order valence-electron chi connectivity index (χ3n) is 8.47. The number of ether oxygens (including phenoxy) is 2. The molecule has 2 fully saturated rings. The number of H-pyrrole nitrogens is 1. The molecule has 46 heavy (non-hydrogen) atoms. The molecule has 0 radical (unpaired) electrons. The van der Waals surface area contributed by atoms with Crippen molar-refractivity contribution in [3.8, 4) is 0 Å². The van der Waals surface area contributed by atoms with Crippen molar-refractivity contribution in [2.75, 3.05) is 50.1 Å². The second kappa shape index (κ2) is 12.8. The summed E-state index contributed by atoms with van der Waals surface area (Å²) in [6, 6.07) is 7.37. The molecule has 3 N–H and O–H groups in total. The average Bonchev–Trinajstić information content (AvgIpc) is 3.69. The first-order valence-corrected chi connectivity index (χ1v) is 16.6. The Morgan fingerprint density at radius 3 is 2.50 bits per heavy atom. The van der Waals surface area contributed by atoms with Crippen LogP contribution in [0.4, 0.5) is 20.3 Å². The summed E-state index contributed by atoms with van der Waals surface area (Å²) in [7, 11) is -4.31. The highest BCUT2D eigenvalue weighted by Gasteiger charge is 2.41. The van der Waals surface area contributed by atoms with Gasteiger partial charge in [0, 0.05) is 62.1 Å². The van der Waals surface area contributed by atoms with Gasteiger partial charge < -0.3 is 20.1 Å². The Morgan fingerprint density at radius 1 is 1.07 bits per heavy atom. The summed E-state index contributed by atoms with van der Waals surface area (Å²) >= 11 is 0. The largest absolute Gasteiger partial charge is 0.379 e. The van der Waals surface area contributed by atoms with E-state index in [1.54, 1.807) is 26.0 Å². The molecule has 0 saturated carbocycles. The Balaban J connectivity index is 1.27. The van der Waals surface area contributed by atoms with Gasteiger partial charge in [0.2, 0.25) is 10.0 Å². The summed E-state index contributed by atoms with van der Waals surface area (Å²) in [4.78, 5) is 28.5. The second-order valence-corrected chi connectivity index (χ2v) is 14.3. The maximum atomic E-state index is 14.0. The van der Waals surface area contributed by atoms with Crippen LogP contribution >= 0.6 is 0 Å². The quantitative estimate of drug-likeness (QED) is 0.334. The van der Waals surface area contributed by atoms with Gasteiger partial charge in [0.25, 0.3) is 11.8 Å². The van der Waals surface area contributed by atoms with Gasteiger partial charge in [-0.05, 0) is 42.7 Å². The number of nitrogens with zero attached hydrogens (tertiary/aromatic N) is 3. The normalized spacial score (nSPS) is 20.3. The minimum Gasteiger partial charge on any atom is -0.379 e. The molecule has 1 aromatic heterocycles. The number of carbonyl (C=O) groups excluding carboxylic acids is 2. The lowest BCUT2D eigenvalue weighted by atomic mass is 9.84. The van der Waals surface area contributed by atoms with Crippen LogP contribution in [0.2, 0.25) is 0 Å². The van der Waals surface area contributed by atoms with Crippen molar-refractivity contribution in [2.45, 2.75) is 56.2 Å². The lowest BCUT2D eigenvalue weighted by Gasteiger charge is -2.36. The fourth-order valence-corrected chi connectivity index (χ4v) is 7.73. The fraction of sp³-hybridized carbons (Fsp3) is 0.452. The van der Waals surface area contributed by atoms with Crippen molar-refractivity contribution >= 4 is 33.3 Å². The van der Waals surface area contributed by atoms with E-state index >= 15 is 0 Å². The van der Waals surface area contributed by atoms with E-state index in [4.69, 9.17) is 9.47 Å². The Bertz CT molecular complexity index is 1730. The van der Waals surface area contributed by atoms with Crippen LogP contribution in [0.25, 0.3) is 0 Å². The highest BCUT2D eigenvalue weighted by atomic mass is 32.2. The number of halogens is 2. The summed E-state index contributed by atoms with van der Waals surface area (Å²) in [5, 5.41) is 12.9. The number of carbonyl (C=O) groups is 2. The number of rotatable bonds is 8. The maximum absolute atomic E-state index is 14.0. The van der Waals surface area contributed by atoms with Crippen molar-refractivity contribution in [3.05, 3.63) is 70.4 Å². The van der Waals surface area contributed by atoms with Crippen LogP contribution in [0.5, 0.6) is 0 Å². The Hall–Kier alpha value is -3.76. The summed E-state index contributed by atoms with van der Waals surface area (Å²) < 4.78 is 67.0. The zero-order chi connectivity index (χ0) is 32.6. The first kappa shape index (κ1) is 32.2. The molecule has 1 atom stereocenters. The van der Waals surface area contributed by atoms with Gasteiger partial charge in [0.15, 0.2) is 5.82 Å². The van der Waals surface area contributed by atoms with Gasteiger partial charge in [0.1, 0.15) is 17.7 Å². The van der Waals surface area contributed by atoms with Crippen molar-refractivity contribution in [1.82, 2.24) is 19.4 Å². The molecule has 4 heterocycles. The highest BCUT2D eigenvalue weighted by Crippen LogP contribution is 2.38. The number of anilines is 2. The first-order valence-electron chi connectivity index (χ1n) is 15.1. The zero-order valence-corrected chi connectivity index (χ0v) is 26.4. The lowest BCUT2D eigenvalue weighted by Crippen LogP contribution is -2.45. The Morgan fingerprint density at radius 2 is 1.80 bits per heavy atom. The van der Waals surface area contributed by atoms with E-state index in [9.17, 15) is 26.8 Å². The van der Waals surface area contributed by atoms with Gasteiger partial charge >= 0.3 is 0 Å². The number of hydrogen-bond acceptors (Lipinski definition) is 8. The van der Waals surface area contributed by atoms with Crippen LogP contribution in [0.3, 0.4) is 0 Å². The number of sulfonamides is 1. The van der Waals surface area contributed by atoms with E-state index in [-0.39, 0.29) is 30.4 Å². The van der Waals surface area contributed by atoms with Crippen LogP contribution in [0.15, 0.2) is 41.3 Å². The van der Waals surface area contributed by atoms with Crippen molar-refractivity contribution in [2.24, 2.45) is 0 Å². The Labute approximate surface area is 265 Å². The number of amides is 2. The van der Waals surface area contributed by atoms with Crippen LogP contribution in [-0.4, -0.2) is 85.2 Å². The van der Waals surface area contributed by atoms with E-state index in [2.05, 4.69) is 25.7 Å². The molecule has 246 valence electrons. The smallest absolute Gasteiger partial charge is 0.258 e. The molecule has 0 aliphatic carbocycles. The second-order valence-electron chi connectivity index (χ2n) is 12.4. The lowest BCUT2D eigenvalue weighted by molar-refractivity contribution is -0.124.